The molecule has 0 aliphatic rings. The fraction of sp³-hybridized carbons (Fsp3) is 0. The summed E-state index contributed by atoms with van der Waals surface area (Å²) in [7, 11) is 0. The SMILES string of the molecule is [In+3].[In+3].[O]=[Cr](=[O])([O-])[O-].[O]=[Cr](=[O])([O-])[O-].[O]=[Cr](=[O])([O-])[O-]. The van der Waals surface area contributed by atoms with Crippen molar-refractivity contribution in [2.24, 2.45) is 0 Å². The first-order valence-corrected chi connectivity index (χ1v) is 8.25. The van der Waals surface area contributed by atoms with Gasteiger partial charge in [0, 0.05) is 0 Å². The summed E-state index contributed by atoms with van der Waals surface area (Å²) < 4.78 is 103. The van der Waals surface area contributed by atoms with Crippen LogP contribution in [0, 0.1) is 0 Å². The third-order valence-corrected chi connectivity index (χ3v) is 0. The van der Waals surface area contributed by atoms with E-state index in [1.165, 1.54) is 0 Å². The Kier molecular flexibility index (Phi) is 23.8. The second-order valence-electron chi connectivity index (χ2n) is 1.22. The van der Waals surface area contributed by atoms with Gasteiger partial charge in [0.15, 0.2) is 0 Å². The fourth-order valence-electron chi connectivity index (χ4n) is 0. The zero-order chi connectivity index (χ0) is 13.5. The van der Waals surface area contributed by atoms with Crippen LogP contribution in [0.4, 0.5) is 0 Å². The minimum atomic E-state index is -5.75. The van der Waals surface area contributed by atoms with Crippen molar-refractivity contribution < 1.29 is 88.6 Å². The molecule has 12 nitrogen and oxygen atoms in total. The van der Waals surface area contributed by atoms with E-state index in [2.05, 4.69) is 0 Å². The molecule has 96 valence electrons. The Balaban J connectivity index is -0.0000000400. The van der Waals surface area contributed by atoms with Crippen LogP contribution in [0.3, 0.4) is 0 Å². The third-order valence-electron chi connectivity index (χ3n) is 0. The van der Waals surface area contributed by atoms with Crippen molar-refractivity contribution in [2.45, 2.75) is 0 Å². The molecule has 0 fully saturated rings. The standard InChI is InChI=1S/3Cr.2In.12O/q;;;2*+3;;;;;;;6*-1. The van der Waals surface area contributed by atoms with Crippen molar-refractivity contribution in [3.63, 3.8) is 0 Å². The summed E-state index contributed by atoms with van der Waals surface area (Å²) in [5.41, 5.74) is 0. The molecule has 0 aromatic heterocycles. The first-order valence-electron chi connectivity index (χ1n) is 2.00. The Bertz CT molecular complexity index is 341. The van der Waals surface area contributed by atoms with Gasteiger partial charge in [0.05, 0.1) is 0 Å². The molecular weight excluding hydrogens is 578 g/mol. The van der Waals surface area contributed by atoms with Crippen LogP contribution in [0.25, 0.3) is 0 Å². The van der Waals surface area contributed by atoms with Gasteiger partial charge in [0.2, 0.25) is 0 Å². The van der Waals surface area contributed by atoms with Crippen LogP contribution in [0.15, 0.2) is 0 Å². The summed E-state index contributed by atoms with van der Waals surface area (Å²) in [6.45, 7) is 0. The van der Waals surface area contributed by atoms with E-state index in [9.17, 15) is 0 Å². The van der Waals surface area contributed by atoms with E-state index < -0.39 is 40.8 Å². The topological polar surface area (TPSA) is 241 Å². The van der Waals surface area contributed by atoms with E-state index in [1.54, 1.807) is 0 Å². The van der Waals surface area contributed by atoms with Crippen molar-refractivity contribution in [3.8, 4) is 0 Å². The molecule has 17 heavy (non-hydrogen) atoms. The zero-order valence-corrected chi connectivity index (χ0v) is 17.7. The van der Waals surface area contributed by atoms with E-state index in [-0.39, 0.29) is 51.7 Å². The Morgan fingerprint density at radius 1 is 0.412 bits per heavy atom. The van der Waals surface area contributed by atoms with E-state index in [0.29, 0.717) is 0 Å². The van der Waals surface area contributed by atoms with Gasteiger partial charge in [-0.25, -0.2) is 0 Å². The van der Waals surface area contributed by atoms with Crippen LogP contribution in [-0.4, -0.2) is 51.7 Å². The molecule has 0 spiro atoms. The minimum absolute atomic E-state index is 0. The predicted molar refractivity (Wildman–Crippen MR) is 15.6 cm³/mol. The first kappa shape index (κ1) is 31.3. The molecule has 17 heteroatoms. The van der Waals surface area contributed by atoms with Crippen molar-refractivity contribution >= 4 is 51.7 Å². The molecule has 0 bridgehead atoms. The molecule has 0 unspecified atom stereocenters. The van der Waals surface area contributed by atoms with Gasteiger partial charge in [-0.2, -0.15) is 0 Å². The van der Waals surface area contributed by atoms with Crippen LogP contribution >= 0.6 is 0 Å². The van der Waals surface area contributed by atoms with Crippen LogP contribution in [0.5, 0.6) is 0 Å². The average Bonchev–Trinajstić information content (AvgIpc) is 1.41. The van der Waals surface area contributed by atoms with Crippen molar-refractivity contribution in [2.75, 3.05) is 0 Å². The van der Waals surface area contributed by atoms with Gasteiger partial charge >= 0.3 is 140 Å². The molecule has 0 N–H and O–H groups in total. The Morgan fingerprint density at radius 3 is 0.412 bits per heavy atom. The summed E-state index contributed by atoms with van der Waals surface area (Å²) in [6, 6.07) is 0. The quantitative estimate of drug-likeness (QED) is 0.261. The maximum absolute atomic E-state index is 8.59. The van der Waals surface area contributed by atoms with Gasteiger partial charge in [-0.05, 0) is 0 Å². The number of hydrogen-bond donors (Lipinski definition) is 0. The second-order valence-corrected chi connectivity index (χ2v) is 5.05. The molecule has 0 atom stereocenters. The van der Waals surface area contributed by atoms with Gasteiger partial charge in [-0.3, -0.25) is 0 Å². The molecule has 0 aliphatic carbocycles. The number of rotatable bonds is 0. The molecule has 0 amide bonds. The predicted octanol–water partition coefficient (Wildman–Crippen LogP) is -8.62. The van der Waals surface area contributed by atoms with E-state index in [1.807, 2.05) is 0 Å². The Morgan fingerprint density at radius 2 is 0.412 bits per heavy atom. The second kappa shape index (κ2) is 12.9. The molecular formula is Cr3In2O12. The van der Waals surface area contributed by atoms with E-state index in [0.717, 1.165) is 0 Å². The monoisotopic (exact) mass is 578 g/mol. The van der Waals surface area contributed by atoms with Crippen molar-refractivity contribution in [3.05, 3.63) is 0 Å². The van der Waals surface area contributed by atoms with Crippen LogP contribution in [-0.2, 0) is 63.7 Å². The summed E-state index contributed by atoms with van der Waals surface area (Å²) in [5.74, 6) is 0. The van der Waals surface area contributed by atoms with Crippen LogP contribution in [0.2, 0.25) is 0 Å². The summed E-state index contributed by atoms with van der Waals surface area (Å²) in [5, 5.41) is 0. The summed E-state index contributed by atoms with van der Waals surface area (Å²) in [4.78, 5) is 0. The third kappa shape index (κ3) is 1260. The molecule has 0 saturated heterocycles. The van der Waals surface area contributed by atoms with Gasteiger partial charge in [0.25, 0.3) is 0 Å². The molecule has 0 radical (unpaired) electrons. The Hall–Kier alpha value is 1.90. The van der Waals surface area contributed by atoms with Gasteiger partial charge in [-0.1, -0.05) is 0 Å². The molecule has 0 rings (SSSR count). The zero-order valence-electron chi connectivity index (χ0n) is 7.28. The van der Waals surface area contributed by atoms with Gasteiger partial charge in [0.1, 0.15) is 0 Å². The molecule has 0 aromatic rings. The average molecular weight is 578 g/mol. The molecule has 0 aliphatic heterocycles. The molecule has 0 aromatic carbocycles. The Labute approximate surface area is 138 Å². The van der Waals surface area contributed by atoms with E-state index >= 15 is 0 Å². The normalized spacial score (nSPS) is 10.2. The van der Waals surface area contributed by atoms with Crippen LogP contribution in [0.1, 0.15) is 0 Å². The van der Waals surface area contributed by atoms with Gasteiger partial charge in [-0.15, -0.1) is 0 Å². The van der Waals surface area contributed by atoms with Crippen molar-refractivity contribution in [1.82, 2.24) is 0 Å². The van der Waals surface area contributed by atoms with Crippen LogP contribution < -0.4 is 24.9 Å². The fourth-order valence-corrected chi connectivity index (χ4v) is 0. The molecule has 0 heterocycles. The summed E-state index contributed by atoms with van der Waals surface area (Å²) >= 11 is -17.2. The number of hydrogen-bond acceptors (Lipinski definition) is 12. The summed E-state index contributed by atoms with van der Waals surface area (Å²) in [6.07, 6.45) is 0. The van der Waals surface area contributed by atoms with Gasteiger partial charge < -0.3 is 0 Å². The molecule has 0 saturated carbocycles. The van der Waals surface area contributed by atoms with Crippen molar-refractivity contribution in [1.29, 1.82) is 0 Å². The maximum atomic E-state index is 8.59. The first-order chi connectivity index (χ1) is 6.00. The van der Waals surface area contributed by atoms with E-state index in [4.69, 9.17) is 47.8 Å².